The maximum Gasteiger partial charge on any atom is 0.231 e. The third-order valence-electron chi connectivity index (χ3n) is 5.00. The molecule has 0 aromatic heterocycles. The van der Waals surface area contributed by atoms with Crippen molar-refractivity contribution in [2.75, 3.05) is 19.8 Å². The Morgan fingerprint density at radius 2 is 2.04 bits per heavy atom. The Morgan fingerprint density at radius 1 is 1.38 bits per heavy atom. The lowest BCUT2D eigenvalue weighted by Gasteiger charge is -2.36. The molecule has 4 nitrogen and oxygen atoms in total. The largest absolute Gasteiger partial charge is 0.391 e. The van der Waals surface area contributed by atoms with Crippen LogP contribution in [0.2, 0.25) is 0 Å². The van der Waals surface area contributed by atoms with Gasteiger partial charge in [0.2, 0.25) is 5.91 Å². The summed E-state index contributed by atoms with van der Waals surface area (Å²) in [5.74, 6) is -1.70. The highest BCUT2D eigenvalue weighted by Crippen LogP contribution is 2.37. The molecule has 0 saturated carbocycles. The van der Waals surface area contributed by atoms with E-state index in [4.69, 9.17) is 4.74 Å². The molecule has 2 atom stereocenters. The summed E-state index contributed by atoms with van der Waals surface area (Å²) < 4.78 is 32.9. The highest BCUT2D eigenvalue weighted by molar-refractivity contribution is 5.88. The third kappa shape index (κ3) is 3.92. The minimum absolute atomic E-state index is 0.0542. The van der Waals surface area contributed by atoms with Crippen LogP contribution in [-0.4, -0.2) is 36.9 Å². The van der Waals surface area contributed by atoms with Gasteiger partial charge in [0.05, 0.1) is 11.5 Å². The van der Waals surface area contributed by atoms with Crippen molar-refractivity contribution in [3.05, 3.63) is 35.4 Å². The van der Waals surface area contributed by atoms with Crippen molar-refractivity contribution in [2.45, 2.75) is 44.6 Å². The summed E-state index contributed by atoms with van der Waals surface area (Å²) in [4.78, 5) is 12.8. The van der Waals surface area contributed by atoms with Crippen LogP contribution in [0.4, 0.5) is 8.78 Å². The molecular weight excluding hydrogens is 316 g/mol. The Hall–Kier alpha value is -1.53. The molecule has 1 aliphatic heterocycles. The summed E-state index contributed by atoms with van der Waals surface area (Å²) in [7, 11) is 0. The summed E-state index contributed by atoms with van der Waals surface area (Å²) >= 11 is 0. The predicted molar refractivity (Wildman–Crippen MR) is 86.6 cm³/mol. The number of rotatable bonds is 6. The molecule has 1 aromatic carbocycles. The number of ether oxygens (including phenoxy) is 1. The SMILES string of the molecule is CCC(C)C(O)CNC(=O)C1(c2ccc(F)cc2F)CCOCC1. The predicted octanol–water partition coefficient (Wildman–Crippen LogP) is 2.54. The quantitative estimate of drug-likeness (QED) is 0.836. The van der Waals surface area contributed by atoms with Gasteiger partial charge in [-0.1, -0.05) is 26.3 Å². The van der Waals surface area contributed by atoms with Crippen LogP contribution < -0.4 is 5.32 Å². The summed E-state index contributed by atoms with van der Waals surface area (Å²) in [6.45, 7) is 4.64. The molecule has 0 aliphatic carbocycles. The number of aliphatic hydroxyl groups excluding tert-OH is 1. The van der Waals surface area contributed by atoms with Crippen LogP contribution in [0.25, 0.3) is 0 Å². The highest BCUT2D eigenvalue weighted by Gasteiger charge is 2.43. The molecule has 1 aliphatic rings. The topological polar surface area (TPSA) is 58.6 Å². The molecule has 0 radical (unpaired) electrons. The first-order valence-electron chi connectivity index (χ1n) is 8.40. The van der Waals surface area contributed by atoms with E-state index in [0.717, 1.165) is 18.6 Å². The second kappa shape index (κ2) is 8.03. The molecule has 6 heteroatoms. The molecule has 1 heterocycles. The monoisotopic (exact) mass is 341 g/mol. The van der Waals surface area contributed by atoms with Gasteiger partial charge in [0.25, 0.3) is 0 Å². The van der Waals surface area contributed by atoms with Gasteiger partial charge >= 0.3 is 0 Å². The fourth-order valence-corrected chi connectivity index (χ4v) is 3.06. The van der Waals surface area contributed by atoms with Crippen LogP contribution >= 0.6 is 0 Å². The Morgan fingerprint density at radius 3 is 2.62 bits per heavy atom. The van der Waals surface area contributed by atoms with Crippen molar-refractivity contribution < 1.29 is 23.4 Å². The van der Waals surface area contributed by atoms with E-state index in [-0.39, 0.29) is 23.9 Å². The van der Waals surface area contributed by atoms with Crippen LogP contribution in [0.15, 0.2) is 18.2 Å². The van der Waals surface area contributed by atoms with E-state index in [1.807, 2.05) is 13.8 Å². The fourth-order valence-electron chi connectivity index (χ4n) is 3.06. The number of carbonyl (C=O) groups excluding carboxylic acids is 1. The smallest absolute Gasteiger partial charge is 0.231 e. The molecule has 1 aromatic rings. The van der Waals surface area contributed by atoms with E-state index in [2.05, 4.69) is 5.32 Å². The van der Waals surface area contributed by atoms with Gasteiger partial charge in [-0.25, -0.2) is 8.78 Å². The molecule has 2 unspecified atom stereocenters. The van der Waals surface area contributed by atoms with Crippen molar-refractivity contribution in [1.29, 1.82) is 0 Å². The van der Waals surface area contributed by atoms with E-state index in [9.17, 15) is 18.7 Å². The van der Waals surface area contributed by atoms with Gasteiger partial charge in [0.1, 0.15) is 11.6 Å². The molecule has 1 saturated heterocycles. The Labute approximate surface area is 141 Å². The van der Waals surface area contributed by atoms with Crippen LogP contribution in [0, 0.1) is 17.6 Å². The Kier molecular flexibility index (Phi) is 6.29. The number of halogens is 2. The Bertz CT molecular complexity index is 573. The zero-order valence-electron chi connectivity index (χ0n) is 14.1. The van der Waals surface area contributed by atoms with Gasteiger partial charge in [0, 0.05) is 31.4 Å². The lowest BCUT2D eigenvalue weighted by Crippen LogP contribution is -2.50. The van der Waals surface area contributed by atoms with Crippen LogP contribution in [0.3, 0.4) is 0 Å². The second-order valence-electron chi connectivity index (χ2n) is 6.48. The van der Waals surface area contributed by atoms with Crippen LogP contribution in [0.5, 0.6) is 0 Å². The molecule has 24 heavy (non-hydrogen) atoms. The van der Waals surface area contributed by atoms with Crippen molar-refractivity contribution in [3.8, 4) is 0 Å². The van der Waals surface area contributed by atoms with E-state index >= 15 is 0 Å². The van der Waals surface area contributed by atoms with E-state index in [0.29, 0.717) is 26.1 Å². The molecule has 1 fully saturated rings. The van der Waals surface area contributed by atoms with Crippen LogP contribution in [0.1, 0.15) is 38.7 Å². The third-order valence-corrected chi connectivity index (χ3v) is 5.00. The number of aliphatic hydroxyl groups is 1. The number of benzene rings is 1. The lowest BCUT2D eigenvalue weighted by molar-refractivity contribution is -0.131. The fraction of sp³-hybridized carbons (Fsp3) is 0.611. The van der Waals surface area contributed by atoms with Gasteiger partial charge in [-0.3, -0.25) is 4.79 Å². The molecule has 2 rings (SSSR count). The van der Waals surface area contributed by atoms with Gasteiger partial charge in [-0.2, -0.15) is 0 Å². The summed E-state index contributed by atoms with van der Waals surface area (Å²) in [6, 6.07) is 3.30. The number of nitrogens with one attached hydrogen (secondary N) is 1. The van der Waals surface area contributed by atoms with Gasteiger partial charge in [0.15, 0.2) is 0 Å². The van der Waals surface area contributed by atoms with E-state index in [1.54, 1.807) is 0 Å². The first-order chi connectivity index (χ1) is 11.4. The number of hydrogen-bond acceptors (Lipinski definition) is 3. The minimum atomic E-state index is -1.09. The first kappa shape index (κ1) is 18.8. The standard InChI is InChI=1S/C18H25F2NO3/c1-3-12(2)16(22)11-21-17(23)18(6-8-24-9-7-18)14-5-4-13(19)10-15(14)20/h4-5,10,12,16,22H,3,6-9,11H2,1-2H3,(H,21,23). The second-order valence-corrected chi connectivity index (χ2v) is 6.48. The molecular formula is C18H25F2NO3. The molecule has 1 amide bonds. The zero-order chi connectivity index (χ0) is 17.7. The number of amides is 1. The van der Waals surface area contributed by atoms with Crippen molar-refractivity contribution in [2.24, 2.45) is 5.92 Å². The maximum absolute atomic E-state index is 14.3. The van der Waals surface area contributed by atoms with Crippen LogP contribution in [-0.2, 0) is 14.9 Å². The summed E-state index contributed by atoms with van der Waals surface area (Å²) in [5.41, 5.74) is -0.909. The Balaban J connectivity index is 2.22. The molecule has 2 N–H and O–H groups in total. The minimum Gasteiger partial charge on any atom is -0.391 e. The maximum atomic E-state index is 14.3. The first-order valence-corrected chi connectivity index (χ1v) is 8.40. The van der Waals surface area contributed by atoms with Crippen molar-refractivity contribution in [1.82, 2.24) is 5.32 Å². The average Bonchev–Trinajstić information content (AvgIpc) is 2.59. The van der Waals surface area contributed by atoms with E-state index in [1.165, 1.54) is 6.07 Å². The average molecular weight is 341 g/mol. The zero-order valence-corrected chi connectivity index (χ0v) is 14.1. The highest BCUT2D eigenvalue weighted by atomic mass is 19.1. The van der Waals surface area contributed by atoms with Gasteiger partial charge < -0.3 is 15.2 Å². The molecule has 0 spiro atoms. The van der Waals surface area contributed by atoms with Crippen molar-refractivity contribution in [3.63, 3.8) is 0 Å². The molecule has 134 valence electrons. The number of carbonyl (C=O) groups is 1. The van der Waals surface area contributed by atoms with Crippen molar-refractivity contribution >= 4 is 5.91 Å². The summed E-state index contributed by atoms with van der Waals surface area (Å²) in [6.07, 6.45) is 0.776. The number of hydrogen-bond donors (Lipinski definition) is 2. The lowest BCUT2D eigenvalue weighted by atomic mass is 9.73. The van der Waals surface area contributed by atoms with Gasteiger partial charge in [-0.15, -0.1) is 0 Å². The van der Waals surface area contributed by atoms with E-state index < -0.39 is 23.2 Å². The van der Waals surface area contributed by atoms with Gasteiger partial charge in [-0.05, 0) is 24.8 Å². The normalized spacial score (nSPS) is 19.5. The summed E-state index contributed by atoms with van der Waals surface area (Å²) in [5, 5.41) is 12.8. The molecule has 0 bridgehead atoms.